The van der Waals surface area contributed by atoms with Gasteiger partial charge in [-0.1, -0.05) is 13.8 Å². The third-order valence-corrected chi connectivity index (χ3v) is 3.58. The van der Waals surface area contributed by atoms with E-state index >= 15 is 0 Å². The Balaban J connectivity index is 1.80. The molecule has 7 heteroatoms. The molecule has 0 saturated heterocycles. The Kier molecular flexibility index (Phi) is 2.92. The Morgan fingerprint density at radius 1 is 1.27 bits per heavy atom. The predicted octanol–water partition coefficient (Wildman–Crippen LogP) is 2.78. The minimum Gasteiger partial charge on any atom is -0.461 e. The number of hydrogen-bond acceptors (Lipinski definition) is 5. The second-order valence-electron chi connectivity index (χ2n) is 5.74. The van der Waals surface area contributed by atoms with Gasteiger partial charge in [0.25, 0.3) is 0 Å². The molecule has 22 heavy (non-hydrogen) atoms. The SMILES string of the molecule is CC(C)CCn1cc2c(ncn3nc(-c4ccco4)nc23)n1. The van der Waals surface area contributed by atoms with E-state index in [1.807, 2.05) is 23.0 Å². The first-order valence-corrected chi connectivity index (χ1v) is 7.33. The van der Waals surface area contributed by atoms with Crippen LogP contribution in [0, 0.1) is 5.92 Å². The van der Waals surface area contributed by atoms with Crippen molar-refractivity contribution < 1.29 is 4.42 Å². The molecule has 0 atom stereocenters. The molecule has 4 aromatic rings. The molecular weight excluding hydrogens is 280 g/mol. The Hall–Kier alpha value is -2.70. The van der Waals surface area contributed by atoms with Crippen molar-refractivity contribution in [2.75, 3.05) is 0 Å². The first-order chi connectivity index (χ1) is 10.7. The zero-order valence-electron chi connectivity index (χ0n) is 12.5. The molecule has 112 valence electrons. The first-order valence-electron chi connectivity index (χ1n) is 7.33. The van der Waals surface area contributed by atoms with Crippen LogP contribution in [0.3, 0.4) is 0 Å². The van der Waals surface area contributed by atoms with Crippen molar-refractivity contribution in [2.45, 2.75) is 26.8 Å². The van der Waals surface area contributed by atoms with Crippen molar-refractivity contribution in [1.29, 1.82) is 0 Å². The van der Waals surface area contributed by atoms with Gasteiger partial charge in [-0.2, -0.15) is 5.10 Å². The smallest absolute Gasteiger partial charge is 0.217 e. The van der Waals surface area contributed by atoms with Gasteiger partial charge in [0, 0.05) is 12.7 Å². The van der Waals surface area contributed by atoms with E-state index in [0.717, 1.165) is 24.0 Å². The fraction of sp³-hybridized carbons (Fsp3) is 0.333. The summed E-state index contributed by atoms with van der Waals surface area (Å²) in [7, 11) is 0. The highest BCUT2D eigenvalue weighted by molar-refractivity contribution is 5.88. The molecule has 0 saturated carbocycles. The van der Waals surface area contributed by atoms with E-state index in [0.29, 0.717) is 23.1 Å². The number of aromatic nitrogens is 6. The number of rotatable bonds is 4. The van der Waals surface area contributed by atoms with Gasteiger partial charge in [0.1, 0.15) is 6.33 Å². The number of hydrogen-bond donors (Lipinski definition) is 0. The van der Waals surface area contributed by atoms with Gasteiger partial charge in [-0.25, -0.2) is 14.5 Å². The summed E-state index contributed by atoms with van der Waals surface area (Å²) >= 11 is 0. The largest absolute Gasteiger partial charge is 0.461 e. The minimum absolute atomic E-state index is 0.550. The van der Waals surface area contributed by atoms with Gasteiger partial charge in [0.05, 0.1) is 11.6 Å². The van der Waals surface area contributed by atoms with Crippen LogP contribution in [-0.2, 0) is 6.54 Å². The summed E-state index contributed by atoms with van der Waals surface area (Å²) in [5.74, 6) is 1.83. The van der Waals surface area contributed by atoms with Gasteiger partial charge in [0.15, 0.2) is 17.1 Å². The molecule has 0 bridgehead atoms. The van der Waals surface area contributed by atoms with Crippen molar-refractivity contribution >= 4 is 16.7 Å². The van der Waals surface area contributed by atoms with Crippen LogP contribution in [0.15, 0.2) is 35.3 Å². The van der Waals surface area contributed by atoms with Crippen LogP contribution in [0.5, 0.6) is 0 Å². The topological polar surface area (TPSA) is 74.0 Å². The first kappa shape index (κ1) is 13.0. The van der Waals surface area contributed by atoms with Crippen LogP contribution < -0.4 is 0 Å². The van der Waals surface area contributed by atoms with Gasteiger partial charge in [-0.15, -0.1) is 5.10 Å². The summed E-state index contributed by atoms with van der Waals surface area (Å²) in [6, 6.07) is 3.66. The summed E-state index contributed by atoms with van der Waals surface area (Å²) in [5.41, 5.74) is 1.43. The van der Waals surface area contributed by atoms with Crippen molar-refractivity contribution in [3.63, 3.8) is 0 Å². The second-order valence-corrected chi connectivity index (χ2v) is 5.74. The van der Waals surface area contributed by atoms with Gasteiger partial charge >= 0.3 is 0 Å². The Labute approximate surface area is 126 Å². The maximum absolute atomic E-state index is 5.35. The van der Waals surface area contributed by atoms with E-state index in [1.54, 1.807) is 17.1 Å². The van der Waals surface area contributed by atoms with E-state index < -0.39 is 0 Å². The summed E-state index contributed by atoms with van der Waals surface area (Å²) in [6.07, 6.45) is 6.31. The van der Waals surface area contributed by atoms with Crippen molar-refractivity contribution in [1.82, 2.24) is 29.4 Å². The summed E-state index contributed by atoms with van der Waals surface area (Å²) in [5, 5.41) is 9.81. The lowest BCUT2D eigenvalue weighted by Gasteiger charge is -2.03. The average molecular weight is 296 g/mol. The summed E-state index contributed by atoms with van der Waals surface area (Å²) in [6.45, 7) is 5.28. The molecule has 0 aliphatic carbocycles. The lowest BCUT2D eigenvalue weighted by atomic mass is 10.1. The monoisotopic (exact) mass is 296 g/mol. The quantitative estimate of drug-likeness (QED) is 0.579. The molecule has 0 fully saturated rings. The van der Waals surface area contributed by atoms with Crippen LogP contribution in [-0.4, -0.2) is 29.4 Å². The van der Waals surface area contributed by atoms with E-state index in [1.165, 1.54) is 0 Å². The number of nitrogens with zero attached hydrogens (tertiary/aromatic N) is 6. The maximum Gasteiger partial charge on any atom is 0.217 e. The Morgan fingerprint density at radius 3 is 2.95 bits per heavy atom. The summed E-state index contributed by atoms with van der Waals surface area (Å²) in [4.78, 5) is 8.91. The standard InChI is InChI=1S/C15H16N6O/c1-10(2)5-6-20-8-11-13(18-20)16-9-21-15(11)17-14(19-21)12-4-3-7-22-12/h3-4,7-10H,5-6H2,1-2H3. The van der Waals surface area contributed by atoms with Gasteiger partial charge < -0.3 is 4.42 Å². The van der Waals surface area contributed by atoms with Crippen molar-refractivity contribution in [2.24, 2.45) is 5.92 Å². The Bertz CT molecular complexity index is 918. The zero-order valence-corrected chi connectivity index (χ0v) is 12.5. The maximum atomic E-state index is 5.35. The van der Waals surface area contributed by atoms with E-state index in [9.17, 15) is 0 Å². The number of furan rings is 1. The third kappa shape index (κ3) is 2.14. The zero-order chi connectivity index (χ0) is 15.1. The molecule has 0 radical (unpaired) electrons. The second kappa shape index (κ2) is 4.94. The van der Waals surface area contributed by atoms with Crippen LogP contribution in [0.25, 0.3) is 28.3 Å². The normalized spacial score (nSPS) is 12.0. The average Bonchev–Trinajstić information content (AvgIpc) is 3.21. The van der Waals surface area contributed by atoms with Gasteiger partial charge in [-0.3, -0.25) is 4.68 Å². The predicted molar refractivity (Wildman–Crippen MR) is 81.2 cm³/mol. The van der Waals surface area contributed by atoms with Crippen molar-refractivity contribution in [3.05, 3.63) is 30.9 Å². The molecule has 4 aromatic heterocycles. The molecule has 0 spiro atoms. The number of fused-ring (bicyclic) bond motifs is 3. The third-order valence-electron chi connectivity index (χ3n) is 3.58. The fourth-order valence-corrected chi connectivity index (χ4v) is 2.38. The van der Waals surface area contributed by atoms with Gasteiger partial charge in [0.2, 0.25) is 5.82 Å². The van der Waals surface area contributed by atoms with E-state index in [2.05, 4.69) is 34.0 Å². The fourth-order valence-electron chi connectivity index (χ4n) is 2.38. The molecule has 0 N–H and O–H groups in total. The highest BCUT2D eigenvalue weighted by atomic mass is 16.3. The van der Waals surface area contributed by atoms with Crippen LogP contribution >= 0.6 is 0 Å². The molecule has 0 unspecified atom stereocenters. The van der Waals surface area contributed by atoms with Crippen LogP contribution in [0.2, 0.25) is 0 Å². The minimum atomic E-state index is 0.550. The molecule has 0 aliphatic rings. The summed E-state index contributed by atoms with van der Waals surface area (Å²) < 4.78 is 8.94. The highest BCUT2D eigenvalue weighted by Gasteiger charge is 2.14. The molecule has 4 rings (SSSR count). The van der Waals surface area contributed by atoms with Crippen molar-refractivity contribution in [3.8, 4) is 11.6 Å². The molecule has 4 heterocycles. The van der Waals surface area contributed by atoms with Gasteiger partial charge in [-0.05, 0) is 24.5 Å². The van der Waals surface area contributed by atoms with E-state index in [4.69, 9.17) is 4.42 Å². The highest BCUT2D eigenvalue weighted by Crippen LogP contribution is 2.20. The molecule has 7 nitrogen and oxygen atoms in total. The lowest BCUT2D eigenvalue weighted by molar-refractivity contribution is 0.489. The number of aryl methyl sites for hydroxylation is 1. The molecular formula is C15H16N6O. The molecule has 0 aromatic carbocycles. The Morgan fingerprint density at radius 2 is 2.18 bits per heavy atom. The van der Waals surface area contributed by atoms with Crippen LogP contribution in [0.1, 0.15) is 20.3 Å². The van der Waals surface area contributed by atoms with E-state index in [-0.39, 0.29) is 0 Å². The molecule has 0 amide bonds. The lowest BCUT2D eigenvalue weighted by Crippen LogP contribution is -2.01. The van der Waals surface area contributed by atoms with Crippen LogP contribution in [0.4, 0.5) is 0 Å². The molecule has 0 aliphatic heterocycles.